The van der Waals surface area contributed by atoms with E-state index >= 15 is 0 Å². The van der Waals surface area contributed by atoms with Crippen molar-refractivity contribution in [3.63, 3.8) is 0 Å². The second-order valence-corrected chi connectivity index (χ2v) is 7.08. The lowest BCUT2D eigenvalue weighted by molar-refractivity contribution is 0.626. The molecule has 0 radical (unpaired) electrons. The van der Waals surface area contributed by atoms with Crippen molar-refractivity contribution in [2.45, 2.75) is 29.4 Å². The van der Waals surface area contributed by atoms with Gasteiger partial charge in [0.25, 0.3) is 0 Å². The van der Waals surface area contributed by atoms with Gasteiger partial charge in [-0.05, 0) is 59.7 Å². The molecule has 0 spiro atoms. The zero-order valence-corrected chi connectivity index (χ0v) is 14.5. The van der Waals surface area contributed by atoms with Crippen molar-refractivity contribution >= 4 is 40.2 Å². The summed E-state index contributed by atoms with van der Waals surface area (Å²) in [5.41, 5.74) is 1.17. The standard InChI is InChI=1S/C15H15FIN3S/c1-18-15-13(17)14(9-2-3-9)19-12(20-15)8-21-11-6-4-10(16)5-7-11/h4-7,9H,2-3,8H2,1H3,(H,18,19,20). The van der Waals surface area contributed by atoms with E-state index < -0.39 is 0 Å². The highest BCUT2D eigenvalue weighted by molar-refractivity contribution is 14.1. The van der Waals surface area contributed by atoms with Gasteiger partial charge in [-0.3, -0.25) is 0 Å². The van der Waals surface area contributed by atoms with Crippen LogP contribution in [0.25, 0.3) is 0 Å². The molecule has 3 rings (SSSR count). The zero-order chi connectivity index (χ0) is 14.8. The van der Waals surface area contributed by atoms with Crippen molar-refractivity contribution < 1.29 is 4.39 Å². The predicted octanol–water partition coefficient (Wildman–Crippen LogP) is 4.43. The van der Waals surface area contributed by atoms with Crippen molar-refractivity contribution in [1.82, 2.24) is 9.97 Å². The Morgan fingerprint density at radius 3 is 2.62 bits per heavy atom. The fourth-order valence-electron chi connectivity index (χ4n) is 2.05. The average Bonchev–Trinajstić information content (AvgIpc) is 3.32. The number of anilines is 1. The van der Waals surface area contributed by atoms with Gasteiger partial charge in [-0.15, -0.1) is 11.8 Å². The maximum Gasteiger partial charge on any atom is 0.143 e. The Bertz CT molecular complexity index is 644. The number of halogens is 2. The molecule has 6 heteroatoms. The van der Waals surface area contributed by atoms with Gasteiger partial charge in [-0.2, -0.15) is 0 Å². The third-order valence-electron chi connectivity index (χ3n) is 3.31. The lowest BCUT2D eigenvalue weighted by Crippen LogP contribution is -2.06. The predicted molar refractivity (Wildman–Crippen MR) is 92.2 cm³/mol. The number of aromatic nitrogens is 2. The van der Waals surface area contributed by atoms with E-state index in [-0.39, 0.29) is 5.82 Å². The van der Waals surface area contributed by atoms with Gasteiger partial charge in [0.1, 0.15) is 17.5 Å². The molecule has 0 bridgehead atoms. The van der Waals surface area contributed by atoms with E-state index in [2.05, 4.69) is 32.9 Å². The van der Waals surface area contributed by atoms with Gasteiger partial charge < -0.3 is 5.32 Å². The van der Waals surface area contributed by atoms with E-state index in [1.165, 1.54) is 30.7 Å². The number of benzene rings is 1. The summed E-state index contributed by atoms with van der Waals surface area (Å²) < 4.78 is 14.0. The van der Waals surface area contributed by atoms with Crippen LogP contribution in [-0.4, -0.2) is 17.0 Å². The summed E-state index contributed by atoms with van der Waals surface area (Å²) in [5, 5.41) is 3.15. The number of hydrogen-bond acceptors (Lipinski definition) is 4. The first-order chi connectivity index (χ1) is 10.2. The first-order valence-corrected chi connectivity index (χ1v) is 8.86. The van der Waals surface area contributed by atoms with Crippen molar-refractivity contribution in [3.05, 3.63) is 45.2 Å². The summed E-state index contributed by atoms with van der Waals surface area (Å²) in [7, 11) is 1.89. The van der Waals surface area contributed by atoms with E-state index in [4.69, 9.17) is 4.98 Å². The lowest BCUT2D eigenvalue weighted by atomic mass is 10.2. The molecular formula is C15H15FIN3S. The minimum atomic E-state index is -0.210. The van der Waals surface area contributed by atoms with Crippen LogP contribution in [0, 0.1) is 9.39 Å². The number of nitrogens with zero attached hydrogens (tertiary/aromatic N) is 2. The van der Waals surface area contributed by atoms with Gasteiger partial charge in [-0.25, -0.2) is 14.4 Å². The van der Waals surface area contributed by atoms with Crippen LogP contribution in [0.2, 0.25) is 0 Å². The van der Waals surface area contributed by atoms with Crippen LogP contribution >= 0.6 is 34.4 Å². The molecule has 1 N–H and O–H groups in total. The van der Waals surface area contributed by atoms with Gasteiger partial charge in [0.15, 0.2) is 0 Å². The molecule has 2 aromatic rings. The van der Waals surface area contributed by atoms with Crippen molar-refractivity contribution in [1.29, 1.82) is 0 Å². The maximum absolute atomic E-state index is 12.9. The van der Waals surface area contributed by atoms with Gasteiger partial charge >= 0.3 is 0 Å². The SMILES string of the molecule is CNc1nc(CSc2ccc(F)cc2)nc(C2CC2)c1I. The maximum atomic E-state index is 12.9. The molecule has 1 aromatic heterocycles. The van der Waals surface area contributed by atoms with E-state index in [1.54, 1.807) is 23.9 Å². The van der Waals surface area contributed by atoms with Crippen LogP contribution in [0.5, 0.6) is 0 Å². The molecule has 1 fully saturated rings. The molecule has 3 nitrogen and oxygen atoms in total. The van der Waals surface area contributed by atoms with E-state index in [0.717, 1.165) is 20.1 Å². The summed E-state index contributed by atoms with van der Waals surface area (Å²) in [6, 6.07) is 6.53. The van der Waals surface area contributed by atoms with Crippen LogP contribution in [0.3, 0.4) is 0 Å². The number of hydrogen-bond donors (Lipinski definition) is 1. The Labute approximate surface area is 141 Å². The fraction of sp³-hybridized carbons (Fsp3) is 0.333. The second-order valence-electron chi connectivity index (χ2n) is 4.95. The van der Waals surface area contributed by atoms with Crippen molar-refractivity contribution in [3.8, 4) is 0 Å². The highest BCUT2D eigenvalue weighted by Crippen LogP contribution is 2.42. The van der Waals surface area contributed by atoms with Crippen LogP contribution < -0.4 is 5.32 Å². The van der Waals surface area contributed by atoms with E-state index in [1.807, 2.05) is 7.05 Å². The largest absolute Gasteiger partial charge is 0.372 e. The molecule has 110 valence electrons. The lowest BCUT2D eigenvalue weighted by Gasteiger charge is -2.10. The van der Waals surface area contributed by atoms with Crippen LogP contribution in [0.4, 0.5) is 10.2 Å². The number of thioether (sulfide) groups is 1. The monoisotopic (exact) mass is 415 g/mol. The summed E-state index contributed by atoms with van der Waals surface area (Å²) in [6.07, 6.45) is 2.45. The molecule has 0 amide bonds. The molecule has 0 atom stereocenters. The average molecular weight is 415 g/mol. The topological polar surface area (TPSA) is 37.8 Å². The van der Waals surface area contributed by atoms with Crippen LogP contribution in [0.1, 0.15) is 30.3 Å². The van der Waals surface area contributed by atoms with Gasteiger partial charge in [-0.1, -0.05) is 0 Å². The normalized spacial score (nSPS) is 14.2. The highest BCUT2D eigenvalue weighted by atomic mass is 127. The molecule has 21 heavy (non-hydrogen) atoms. The van der Waals surface area contributed by atoms with E-state index in [0.29, 0.717) is 11.7 Å². The molecule has 1 saturated carbocycles. The molecule has 1 aliphatic carbocycles. The summed E-state index contributed by atoms with van der Waals surface area (Å²) in [4.78, 5) is 10.3. The Balaban J connectivity index is 1.78. The zero-order valence-electron chi connectivity index (χ0n) is 11.6. The highest BCUT2D eigenvalue weighted by Gasteiger charge is 2.29. The Kier molecular flexibility index (Phi) is 4.63. The quantitative estimate of drug-likeness (QED) is 0.579. The Morgan fingerprint density at radius 2 is 2.00 bits per heavy atom. The van der Waals surface area contributed by atoms with Gasteiger partial charge in [0.2, 0.25) is 0 Å². The fourth-order valence-corrected chi connectivity index (χ4v) is 3.75. The molecular weight excluding hydrogens is 400 g/mol. The minimum Gasteiger partial charge on any atom is -0.372 e. The Morgan fingerprint density at radius 1 is 1.29 bits per heavy atom. The molecule has 0 aliphatic heterocycles. The van der Waals surface area contributed by atoms with E-state index in [9.17, 15) is 4.39 Å². The van der Waals surface area contributed by atoms with Gasteiger partial charge in [0, 0.05) is 17.9 Å². The first kappa shape index (κ1) is 15.0. The van der Waals surface area contributed by atoms with Crippen molar-refractivity contribution in [2.75, 3.05) is 12.4 Å². The molecule has 0 saturated heterocycles. The third-order valence-corrected chi connectivity index (χ3v) is 5.38. The molecule has 0 unspecified atom stereocenters. The summed E-state index contributed by atoms with van der Waals surface area (Å²) in [6.45, 7) is 0. The minimum absolute atomic E-state index is 0.210. The number of nitrogens with one attached hydrogen (secondary N) is 1. The van der Waals surface area contributed by atoms with Crippen molar-refractivity contribution in [2.24, 2.45) is 0 Å². The molecule has 1 aromatic carbocycles. The van der Waals surface area contributed by atoms with Gasteiger partial charge in [0.05, 0.1) is 15.0 Å². The molecule has 1 heterocycles. The molecule has 1 aliphatic rings. The summed E-state index contributed by atoms with van der Waals surface area (Å²) >= 11 is 3.95. The summed E-state index contributed by atoms with van der Waals surface area (Å²) in [5.74, 6) is 2.81. The first-order valence-electron chi connectivity index (χ1n) is 6.80. The van der Waals surface area contributed by atoms with Crippen LogP contribution in [-0.2, 0) is 5.75 Å². The Hall–Kier alpha value is -0.890. The second kappa shape index (κ2) is 6.48. The smallest absolute Gasteiger partial charge is 0.143 e. The van der Waals surface area contributed by atoms with Crippen LogP contribution in [0.15, 0.2) is 29.2 Å². The number of rotatable bonds is 5. The third kappa shape index (κ3) is 3.66.